The lowest BCUT2D eigenvalue weighted by Crippen LogP contribution is -2.41. The van der Waals surface area contributed by atoms with E-state index in [1.165, 1.54) is 10.9 Å². The van der Waals surface area contributed by atoms with E-state index in [9.17, 15) is 14.4 Å². The van der Waals surface area contributed by atoms with E-state index >= 15 is 0 Å². The van der Waals surface area contributed by atoms with Gasteiger partial charge < -0.3 is 31.4 Å². The number of carbonyl (C=O) groups excluding carboxylic acids is 2. The van der Waals surface area contributed by atoms with Crippen molar-refractivity contribution in [3.63, 3.8) is 0 Å². The lowest BCUT2D eigenvalue weighted by molar-refractivity contribution is -0.160. The smallest absolute Gasteiger partial charge is 0.323 e. The van der Waals surface area contributed by atoms with E-state index in [1.807, 2.05) is 0 Å². The number of ether oxygens (including phenoxy) is 3. The molecule has 0 aliphatic rings. The highest BCUT2D eigenvalue weighted by atomic mass is 16.6. The van der Waals surface area contributed by atoms with Gasteiger partial charge in [-0.3, -0.25) is 23.9 Å². The van der Waals surface area contributed by atoms with Crippen LogP contribution < -0.4 is 22.8 Å². The zero-order chi connectivity index (χ0) is 24.0. The average molecular weight is 454 g/mol. The number of imidazole rings is 1. The summed E-state index contributed by atoms with van der Waals surface area (Å²) in [5.41, 5.74) is 17.0. The molecule has 0 spiro atoms. The van der Waals surface area contributed by atoms with Gasteiger partial charge in [0.05, 0.1) is 6.33 Å². The second kappa shape index (κ2) is 11.0. The minimum absolute atomic E-state index is 0.0750. The van der Waals surface area contributed by atoms with Crippen LogP contribution in [0.5, 0.6) is 0 Å². The van der Waals surface area contributed by atoms with Gasteiger partial charge >= 0.3 is 11.9 Å². The third kappa shape index (κ3) is 6.48. The number of H-pyrrole nitrogens is 1. The topological polar surface area (TPSA) is 203 Å². The molecule has 0 amide bonds. The molecule has 2 rings (SSSR count). The van der Waals surface area contributed by atoms with Crippen molar-refractivity contribution >= 4 is 29.1 Å². The van der Waals surface area contributed by atoms with Crippen LogP contribution in [0.4, 0.5) is 5.95 Å². The van der Waals surface area contributed by atoms with Crippen LogP contribution in [0.3, 0.4) is 0 Å². The molecule has 0 saturated heterocycles. The summed E-state index contributed by atoms with van der Waals surface area (Å²) >= 11 is 0. The van der Waals surface area contributed by atoms with Crippen molar-refractivity contribution in [1.82, 2.24) is 19.5 Å². The Hall–Kier alpha value is -3.03. The third-order valence-electron chi connectivity index (χ3n) is 4.75. The van der Waals surface area contributed by atoms with Crippen LogP contribution in [-0.2, 0) is 30.5 Å². The van der Waals surface area contributed by atoms with Gasteiger partial charge in [0.1, 0.15) is 38.1 Å². The first kappa shape index (κ1) is 25.2. The number of nitrogens with one attached hydrogen (secondary N) is 1. The predicted molar refractivity (Wildman–Crippen MR) is 115 cm³/mol. The first-order valence-electron chi connectivity index (χ1n) is 10.2. The van der Waals surface area contributed by atoms with Gasteiger partial charge in [-0.2, -0.15) is 4.98 Å². The summed E-state index contributed by atoms with van der Waals surface area (Å²) in [6.45, 7) is 6.61. The number of hydrogen-bond acceptors (Lipinski definition) is 11. The number of nitrogen functional groups attached to an aromatic ring is 1. The van der Waals surface area contributed by atoms with Gasteiger partial charge in [0, 0.05) is 0 Å². The van der Waals surface area contributed by atoms with Crippen LogP contribution in [0, 0.1) is 11.8 Å². The first-order chi connectivity index (χ1) is 15.0. The van der Waals surface area contributed by atoms with Gasteiger partial charge in [-0.1, -0.05) is 27.7 Å². The van der Waals surface area contributed by atoms with Crippen molar-refractivity contribution in [2.24, 2.45) is 23.3 Å². The number of hydrogen-bond donors (Lipinski definition) is 4. The molecule has 0 aliphatic carbocycles. The molecular formula is C19H31N7O6. The fourth-order valence-corrected chi connectivity index (χ4v) is 2.48. The molecule has 2 heterocycles. The predicted octanol–water partition coefficient (Wildman–Crippen LogP) is -0.902. The van der Waals surface area contributed by atoms with Gasteiger partial charge in [-0.25, -0.2) is 4.98 Å². The van der Waals surface area contributed by atoms with E-state index in [0.29, 0.717) is 0 Å². The molecule has 178 valence electrons. The van der Waals surface area contributed by atoms with E-state index < -0.39 is 35.7 Å². The number of rotatable bonds is 11. The van der Waals surface area contributed by atoms with Crippen molar-refractivity contribution in [3.05, 3.63) is 16.7 Å². The number of nitrogens with zero attached hydrogens (tertiary/aromatic N) is 3. The Morgan fingerprint density at radius 3 is 2.09 bits per heavy atom. The molecule has 0 aliphatic heterocycles. The molecule has 0 radical (unpaired) electrons. The molecule has 0 saturated carbocycles. The van der Waals surface area contributed by atoms with E-state index in [1.54, 1.807) is 27.7 Å². The molecule has 2 aromatic heterocycles. The lowest BCUT2D eigenvalue weighted by Gasteiger charge is -2.22. The molecule has 2 aromatic rings. The normalized spacial score (nSPS) is 14.5. The Bertz CT molecular complexity index is 956. The summed E-state index contributed by atoms with van der Waals surface area (Å²) in [6, 6.07) is -1.60. The molecule has 1 unspecified atom stereocenters. The van der Waals surface area contributed by atoms with Crippen molar-refractivity contribution in [3.8, 4) is 0 Å². The van der Waals surface area contributed by atoms with E-state index in [0.717, 1.165) is 0 Å². The summed E-state index contributed by atoms with van der Waals surface area (Å²) < 4.78 is 17.7. The van der Waals surface area contributed by atoms with Crippen molar-refractivity contribution in [2.75, 3.05) is 18.9 Å². The summed E-state index contributed by atoms with van der Waals surface area (Å²) in [4.78, 5) is 46.5. The van der Waals surface area contributed by atoms with Crippen LogP contribution in [-0.4, -0.2) is 62.9 Å². The Morgan fingerprint density at radius 1 is 1.06 bits per heavy atom. The quantitative estimate of drug-likeness (QED) is 0.307. The van der Waals surface area contributed by atoms with Crippen LogP contribution in [0.1, 0.15) is 27.7 Å². The first-order valence-corrected chi connectivity index (χ1v) is 10.2. The van der Waals surface area contributed by atoms with E-state index in [-0.39, 0.29) is 48.9 Å². The van der Waals surface area contributed by atoms with Crippen LogP contribution in [0.15, 0.2) is 11.1 Å². The SMILES string of the molecule is CC(C)[C@H](N)C(=O)OCC(COC(=O)[C@H](N)C(C)C)OCn1cnc2c(=O)[nH]c(N)nc21. The van der Waals surface area contributed by atoms with Gasteiger partial charge in [-0.05, 0) is 11.8 Å². The molecule has 32 heavy (non-hydrogen) atoms. The largest absolute Gasteiger partial charge is 0.462 e. The van der Waals surface area contributed by atoms with Crippen molar-refractivity contribution in [1.29, 1.82) is 0 Å². The number of aromatic amines is 1. The second-order valence-electron chi connectivity index (χ2n) is 8.06. The standard InChI is InChI=1S/C19H31N7O6/c1-9(2)12(20)17(28)30-5-11(6-31-18(29)13(21)10(3)4)32-8-26-7-23-14-15(26)24-19(22)25-16(14)27/h7,9-13H,5-6,8,20-21H2,1-4H3,(H3,22,24,25,27)/t11?,12-,13+. The molecule has 3 atom stereocenters. The van der Waals surface area contributed by atoms with E-state index in [2.05, 4.69) is 15.0 Å². The Labute approximate surface area is 184 Å². The highest BCUT2D eigenvalue weighted by molar-refractivity contribution is 5.76. The third-order valence-corrected chi connectivity index (χ3v) is 4.75. The van der Waals surface area contributed by atoms with Gasteiger partial charge in [0.25, 0.3) is 5.56 Å². The van der Waals surface area contributed by atoms with E-state index in [4.69, 9.17) is 31.4 Å². The van der Waals surface area contributed by atoms with Gasteiger partial charge in [0.2, 0.25) is 5.95 Å². The molecule has 13 nitrogen and oxygen atoms in total. The molecule has 7 N–H and O–H groups in total. The molecule has 0 fully saturated rings. The highest BCUT2D eigenvalue weighted by Crippen LogP contribution is 2.09. The second-order valence-corrected chi connectivity index (χ2v) is 8.06. The monoisotopic (exact) mass is 453 g/mol. The van der Waals surface area contributed by atoms with Crippen LogP contribution in [0.2, 0.25) is 0 Å². The number of fused-ring (bicyclic) bond motifs is 1. The van der Waals surface area contributed by atoms with Crippen molar-refractivity contribution < 1.29 is 23.8 Å². The summed E-state index contributed by atoms with van der Waals surface area (Å²) in [7, 11) is 0. The Morgan fingerprint density at radius 2 is 1.59 bits per heavy atom. The number of esters is 2. The number of carbonyl (C=O) groups is 2. The van der Waals surface area contributed by atoms with Crippen molar-refractivity contribution in [2.45, 2.75) is 52.6 Å². The zero-order valence-electron chi connectivity index (χ0n) is 18.6. The maximum Gasteiger partial charge on any atom is 0.323 e. The summed E-state index contributed by atoms with van der Waals surface area (Å²) in [5.74, 6) is -1.51. The van der Waals surface area contributed by atoms with Crippen LogP contribution >= 0.6 is 0 Å². The lowest BCUT2D eigenvalue weighted by atomic mass is 10.1. The molecule has 0 bridgehead atoms. The molecular weight excluding hydrogens is 422 g/mol. The van der Waals surface area contributed by atoms with Crippen LogP contribution in [0.25, 0.3) is 11.2 Å². The van der Waals surface area contributed by atoms with Gasteiger partial charge in [0.15, 0.2) is 11.2 Å². The molecule has 0 aromatic carbocycles. The Kier molecular flexibility index (Phi) is 8.69. The zero-order valence-corrected chi connectivity index (χ0v) is 18.6. The molecule has 13 heteroatoms. The average Bonchev–Trinajstić information content (AvgIpc) is 3.14. The fourth-order valence-electron chi connectivity index (χ4n) is 2.48. The number of aromatic nitrogens is 4. The fraction of sp³-hybridized carbons (Fsp3) is 0.632. The highest BCUT2D eigenvalue weighted by Gasteiger charge is 2.24. The maximum atomic E-state index is 12.1. The number of nitrogens with two attached hydrogens (primary N) is 3. The maximum absolute atomic E-state index is 12.1. The summed E-state index contributed by atoms with van der Waals surface area (Å²) in [6.07, 6.45) is 0.517. The van der Waals surface area contributed by atoms with Gasteiger partial charge in [-0.15, -0.1) is 0 Å². The minimum Gasteiger partial charge on any atom is -0.462 e. The summed E-state index contributed by atoms with van der Waals surface area (Å²) in [5, 5.41) is 0. The number of anilines is 1. The minimum atomic E-state index is -0.835. The Balaban J connectivity index is 2.09.